The molecule has 224 valence electrons. The van der Waals surface area contributed by atoms with Crippen molar-refractivity contribution >= 4 is 16.0 Å². The molecule has 0 aromatic heterocycles. The fourth-order valence-electron chi connectivity index (χ4n) is 3.21. The molecular formula is C25H54N2O9S. The summed E-state index contributed by atoms with van der Waals surface area (Å²) < 4.78 is 57.9. The molecule has 0 heterocycles. The highest BCUT2D eigenvalue weighted by molar-refractivity contribution is 7.85. The van der Waals surface area contributed by atoms with Gasteiger partial charge in [0.15, 0.2) is 0 Å². The molecule has 0 aliphatic rings. The number of carbonyl (C=O) groups is 1. The van der Waals surface area contributed by atoms with Gasteiger partial charge in [-0.05, 0) is 39.5 Å². The van der Waals surface area contributed by atoms with E-state index >= 15 is 0 Å². The summed E-state index contributed by atoms with van der Waals surface area (Å²) in [5, 5.41) is 2.55. The van der Waals surface area contributed by atoms with E-state index in [9.17, 15) is 17.8 Å². The van der Waals surface area contributed by atoms with E-state index in [1.807, 2.05) is 6.92 Å². The van der Waals surface area contributed by atoms with Crippen LogP contribution in [0.15, 0.2) is 0 Å². The van der Waals surface area contributed by atoms with E-state index < -0.39 is 21.4 Å². The largest absolute Gasteiger partial charge is 0.748 e. The molecule has 0 bridgehead atoms. The molecule has 0 aliphatic heterocycles. The van der Waals surface area contributed by atoms with Gasteiger partial charge in [0.1, 0.15) is 13.1 Å². The molecular weight excluding hydrogens is 504 g/mol. The molecule has 11 nitrogen and oxygen atoms in total. The summed E-state index contributed by atoms with van der Waals surface area (Å²) in [5.74, 6) is -1.01. The van der Waals surface area contributed by atoms with Gasteiger partial charge in [-0.2, -0.15) is 0 Å². The zero-order valence-electron chi connectivity index (χ0n) is 24.3. The molecule has 12 heteroatoms. The highest BCUT2D eigenvalue weighted by Gasteiger charge is 2.25. The predicted molar refractivity (Wildman–Crippen MR) is 143 cm³/mol. The third-order valence-electron chi connectivity index (χ3n) is 5.50. The summed E-state index contributed by atoms with van der Waals surface area (Å²) in [5.41, 5.74) is -1.01. The normalized spacial score (nSPS) is 12.8. The summed E-state index contributed by atoms with van der Waals surface area (Å²) in [6, 6.07) is 0. The van der Waals surface area contributed by atoms with Crippen molar-refractivity contribution in [2.45, 2.75) is 58.9 Å². The van der Waals surface area contributed by atoms with Crippen molar-refractivity contribution in [3.63, 3.8) is 0 Å². The van der Waals surface area contributed by atoms with E-state index in [2.05, 4.69) is 5.32 Å². The quantitative estimate of drug-likeness (QED) is 0.136. The lowest BCUT2D eigenvalue weighted by Crippen LogP contribution is -3.13. The van der Waals surface area contributed by atoms with Gasteiger partial charge in [-0.3, -0.25) is 4.79 Å². The van der Waals surface area contributed by atoms with Gasteiger partial charge in [0.2, 0.25) is 5.91 Å². The molecule has 2 N–H and O–H groups in total. The number of amides is 1. The van der Waals surface area contributed by atoms with Gasteiger partial charge < -0.3 is 38.5 Å². The standard InChI is InChI=1S/C16H35NO5.C9H19NO4S/c1-18-10-6-4-5-7-17(8-11-21-15-13-19-2)9-12-22-16-14-20-3;1-5-7(2)8(11)10-9(3,4)6-15(12,13)14/h4-16H2,1-3H3;7H,5-6H2,1-4H3,(H,10,11)(H,12,13,14). The Morgan fingerprint density at radius 2 is 1.35 bits per heavy atom. The van der Waals surface area contributed by atoms with Crippen LogP contribution in [0.3, 0.4) is 0 Å². The number of ether oxygens (including phenoxy) is 5. The van der Waals surface area contributed by atoms with Crippen molar-refractivity contribution < 1.29 is 46.3 Å². The Morgan fingerprint density at radius 3 is 1.78 bits per heavy atom. The number of carbonyl (C=O) groups excluding carboxylic acids is 1. The second-order valence-corrected chi connectivity index (χ2v) is 11.1. The minimum atomic E-state index is -4.32. The molecule has 0 spiro atoms. The molecule has 0 rings (SSSR count). The first-order chi connectivity index (χ1) is 17.4. The molecule has 0 fully saturated rings. The van der Waals surface area contributed by atoms with Crippen LogP contribution in [-0.2, 0) is 38.6 Å². The molecule has 0 aliphatic carbocycles. The summed E-state index contributed by atoms with van der Waals surface area (Å²) in [7, 11) is 0.817. The van der Waals surface area contributed by atoms with Crippen molar-refractivity contribution in [2.24, 2.45) is 5.92 Å². The van der Waals surface area contributed by atoms with Crippen LogP contribution in [0.25, 0.3) is 0 Å². The van der Waals surface area contributed by atoms with E-state index in [0.29, 0.717) is 32.8 Å². The minimum Gasteiger partial charge on any atom is -0.748 e. The average Bonchev–Trinajstić information content (AvgIpc) is 2.81. The topological polar surface area (TPSA) is 137 Å². The Balaban J connectivity index is 0. The summed E-state index contributed by atoms with van der Waals surface area (Å²) in [4.78, 5) is 13.0. The van der Waals surface area contributed by atoms with Crippen molar-refractivity contribution in [1.29, 1.82) is 0 Å². The zero-order valence-corrected chi connectivity index (χ0v) is 25.1. The van der Waals surface area contributed by atoms with Crippen molar-refractivity contribution in [3.8, 4) is 0 Å². The Labute approximate surface area is 225 Å². The molecule has 1 unspecified atom stereocenters. The van der Waals surface area contributed by atoms with Crippen LogP contribution in [0.4, 0.5) is 0 Å². The number of nitrogens with one attached hydrogen (secondary N) is 2. The van der Waals surface area contributed by atoms with Crippen LogP contribution in [0.1, 0.15) is 53.4 Å². The Hall–Kier alpha value is -0.860. The Kier molecular flexibility index (Phi) is 25.0. The molecule has 0 radical (unpaired) electrons. The van der Waals surface area contributed by atoms with E-state index in [-0.39, 0.29) is 11.8 Å². The van der Waals surface area contributed by atoms with Crippen LogP contribution >= 0.6 is 0 Å². The molecule has 0 aromatic carbocycles. The maximum atomic E-state index is 11.5. The van der Waals surface area contributed by atoms with Gasteiger partial charge in [0.25, 0.3) is 0 Å². The van der Waals surface area contributed by atoms with E-state index in [0.717, 1.165) is 45.9 Å². The smallest absolute Gasteiger partial charge is 0.223 e. The number of rotatable bonds is 23. The minimum absolute atomic E-state index is 0.182. The second kappa shape index (κ2) is 24.2. The van der Waals surface area contributed by atoms with E-state index in [4.69, 9.17) is 23.7 Å². The molecule has 0 saturated carbocycles. The SMILES string of the molecule is CCC(C)C(=O)NC(C)(C)CS(=O)(=O)[O-].COCCCCC[NH+](CCOCCOC)CCOCCOC. The lowest BCUT2D eigenvalue weighted by molar-refractivity contribution is -0.901. The summed E-state index contributed by atoms with van der Waals surface area (Å²) in [6.07, 6.45) is 4.24. The second-order valence-electron chi connectivity index (χ2n) is 9.65. The highest BCUT2D eigenvalue weighted by Crippen LogP contribution is 2.09. The van der Waals surface area contributed by atoms with Crippen LogP contribution < -0.4 is 10.2 Å². The molecule has 37 heavy (non-hydrogen) atoms. The molecule has 0 aromatic rings. The number of unbranched alkanes of at least 4 members (excludes halogenated alkanes) is 2. The lowest BCUT2D eigenvalue weighted by atomic mass is 10.0. The first kappa shape index (κ1) is 38.3. The Bertz CT molecular complexity index is 600. The average molecular weight is 559 g/mol. The van der Waals surface area contributed by atoms with Crippen molar-refractivity contribution in [3.05, 3.63) is 0 Å². The maximum Gasteiger partial charge on any atom is 0.223 e. The molecule has 1 amide bonds. The predicted octanol–water partition coefficient (Wildman–Crippen LogP) is 0.487. The first-order valence-corrected chi connectivity index (χ1v) is 14.7. The van der Waals surface area contributed by atoms with Crippen molar-refractivity contribution in [2.75, 3.05) is 93.0 Å². The Morgan fingerprint density at radius 1 is 0.838 bits per heavy atom. The molecule has 1 atom stereocenters. The first-order valence-electron chi connectivity index (χ1n) is 13.1. The monoisotopic (exact) mass is 558 g/mol. The van der Waals surface area contributed by atoms with Crippen molar-refractivity contribution in [1.82, 2.24) is 5.32 Å². The van der Waals surface area contributed by atoms with Crippen LogP contribution in [0, 0.1) is 5.92 Å². The van der Waals surface area contributed by atoms with Gasteiger partial charge in [-0.25, -0.2) is 8.42 Å². The fourth-order valence-corrected chi connectivity index (χ4v) is 4.17. The van der Waals surface area contributed by atoms with Crippen LogP contribution in [0.5, 0.6) is 0 Å². The van der Waals surface area contributed by atoms with Gasteiger partial charge in [0.05, 0.1) is 62.1 Å². The van der Waals surface area contributed by atoms with E-state index in [1.165, 1.54) is 31.6 Å². The van der Waals surface area contributed by atoms with Gasteiger partial charge in [-0.15, -0.1) is 0 Å². The third-order valence-corrected chi connectivity index (χ3v) is 6.58. The molecule has 0 saturated heterocycles. The lowest BCUT2D eigenvalue weighted by Gasteiger charge is -2.28. The number of methoxy groups -OCH3 is 3. The zero-order chi connectivity index (χ0) is 28.6. The highest BCUT2D eigenvalue weighted by atomic mass is 32.2. The number of hydrogen-bond acceptors (Lipinski definition) is 9. The van der Waals surface area contributed by atoms with Gasteiger partial charge in [-0.1, -0.05) is 13.8 Å². The van der Waals surface area contributed by atoms with Crippen LogP contribution in [-0.4, -0.2) is 117 Å². The van der Waals surface area contributed by atoms with Crippen LogP contribution in [0.2, 0.25) is 0 Å². The maximum absolute atomic E-state index is 11.5. The summed E-state index contributed by atoms with van der Waals surface area (Å²) >= 11 is 0. The number of hydrogen-bond donors (Lipinski definition) is 2. The number of quaternary nitrogens is 1. The summed E-state index contributed by atoms with van der Waals surface area (Å²) in [6.45, 7) is 14.9. The van der Waals surface area contributed by atoms with Gasteiger partial charge >= 0.3 is 0 Å². The van der Waals surface area contributed by atoms with Gasteiger partial charge in [0, 0.05) is 39.4 Å². The van der Waals surface area contributed by atoms with E-state index in [1.54, 1.807) is 28.3 Å². The fraction of sp³-hybridized carbons (Fsp3) is 0.960. The third kappa shape index (κ3) is 28.0.